The average molecular weight is 340 g/mol. The van der Waals surface area contributed by atoms with Gasteiger partial charge in [0, 0.05) is 5.56 Å². The zero-order valence-electron chi connectivity index (χ0n) is 13.4. The third-order valence-corrected chi connectivity index (χ3v) is 4.16. The Bertz CT molecular complexity index is 936. The van der Waals surface area contributed by atoms with Crippen LogP contribution < -0.4 is 14.2 Å². The lowest BCUT2D eigenvalue weighted by atomic mass is 9.93. The third-order valence-electron chi connectivity index (χ3n) is 4.16. The molecule has 0 N–H and O–H groups in total. The minimum Gasteiger partial charge on any atom is -0.497 e. The number of benzene rings is 3. The van der Waals surface area contributed by atoms with Gasteiger partial charge in [-0.3, -0.25) is 0 Å². The number of fused-ring (bicyclic) bond motifs is 1. The zero-order chi connectivity index (χ0) is 17.4. The topological polar surface area (TPSA) is 27.7 Å². The molecule has 3 nitrogen and oxygen atoms in total. The van der Waals surface area contributed by atoms with Crippen molar-refractivity contribution < 1.29 is 23.0 Å². The summed E-state index contributed by atoms with van der Waals surface area (Å²) in [6.45, 7) is 0.155. The lowest BCUT2D eigenvalue weighted by molar-refractivity contribution is 0.174. The molecule has 0 saturated heterocycles. The molecule has 1 aliphatic rings. The molecule has 0 aromatic heterocycles. The second kappa shape index (κ2) is 6.09. The molecule has 0 spiro atoms. The van der Waals surface area contributed by atoms with Crippen LogP contribution in [0.15, 0.2) is 54.6 Å². The molecule has 0 saturated carbocycles. The molecule has 1 aliphatic heterocycles. The van der Waals surface area contributed by atoms with E-state index < -0.39 is 11.6 Å². The number of ether oxygens (including phenoxy) is 3. The molecule has 0 unspecified atom stereocenters. The van der Waals surface area contributed by atoms with E-state index in [9.17, 15) is 8.78 Å². The van der Waals surface area contributed by atoms with Crippen molar-refractivity contribution in [2.75, 3.05) is 13.9 Å². The van der Waals surface area contributed by atoms with Gasteiger partial charge < -0.3 is 14.2 Å². The molecular weight excluding hydrogens is 326 g/mol. The Labute approximate surface area is 143 Å². The summed E-state index contributed by atoms with van der Waals surface area (Å²) in [6.07, 6.45) is 0. The number of rotatable bonds is 3. The van der Waals surface area contributed by atoms with Crippen molar-refractivity contribution in [3.63, 3.8) is 0 Å². The van der Waals surface area contributed by atoms with Gasteiger partial charge in [0.15, 0.2) is 23.1 Å². The van der Waals surface area contributed by atoms with E-state index >= 15 is 0 Å². The van der Waals surface area contributed by atoms with Crippen LogP contribution in [0.2, 0.25) is 0 Å². The van der Waals surface area contributed by atoms with Crippen LogP contribution in [0, 0.1) is 11.6 Å². The maximum Gasteiger partial charge on any atom is 0.231 e. The van der Waals surface area contributed by atoms with Crippen molar-refractivity contribution in [2.24, 2.45) is 0 Å². The first kappa shape index (κ1) is 15.4. The lowest BCUT2D eigenvalue weighted by Crippen LogP contribution is -1.94. The van der Waals surface area contributed by atoms with Crippen LogP contribution in [0.4, 0.5) is 8.78 Å². The van der Waals surface area contributed by atoms with Crippen molar-refractivity contribution in [3.8, 4) is 39.5 Å². The average Bonchev–Trinajstić information content (AvgIpc) is 3.11. The van der Waals surface area contributed by atoms with Crippen molar-refractivity contribution in [2.45, 2.75) is 0 Å². The van der Waals surface area contributed by atoms with Gasteiger partial charge in [-0.25, -0.2) is 8.78 Å². The van der Waals surface area contributed by atoms with Gasteiger partial charge in [0.05, 0.1) is 7.11 Å². The summed E-state index contributed by atoms with van der Waals surface area (Å²) >= 11 is 0. The first-order chi connectivity index (χ1) is 12.2. The van der Waals surface area contributed by atoms with Crippen molar-refractivity contribution in [1.29, 1.82) is 0 Å². The van der Waals surface area contributed by atoms with E-state index in [4.69, 9.17) is 14.2 Å². The van der Waals surface area contributed by atoms with E-state index in [2.05, 4.69) is 0 Å². The fraction of sp³-hybridized carbons (Fsp3) is 0.100. The Morgan fingerprint density at radius 2 is 1.56 bits per heavy atom. The molecule has 25 heavy (non-hydrogen) atoms. The molecular formula is C20H14F2O3. The van der Waals surface area contributed by atoms with Gasteiger partial charge >= 0.3 is 0 Å². The summed E-state index contributed by atoms with van der Waals surface area (Å²) in [5.74, 6) is 0.0843. The van der Waals surface area contributed by atoms with Crippen LogP contribution >= 0.6 is 0 Å². The molecule has 0 aliphatic carbocycles. The quantitative estimate of drug-likeness (QED) is 0.669. The van der Waals surface area contributed by atoms with E-state index in [1.54, 1.807) is 55.6 Å². The predicted molar refractivity (Wildman–Crippen MR) is 89.9 cm³/mol. The molecule has 0 radical (unpaired) electrons. The summed E-state index contributed by atoms with van der Waals surface area (Å²) in [4.78, 5) is 0. The minimum atomic E-state index is -0.893. The number of hydrogen-bond donors (Lipinski definition) is 0. The standard InChI is InChI=1S/C20H14F2O3/c1-23-14-5-2-12(3-6-14)19-15(7-8-16(21)20(19)22)13-4-9-17-18(10-13)25-11-24-17/h2-10H,11H2,1H3. The number of methoxy groups -OCH3 is 1. The van der Waals surface area contributed by atoms with Crippen molar-refractivity contribution >= 4 is 0 Å². The van der Waals surface area contributed by atoms with E-state index in [0.29, 0.717) is 33.9 Å². The SMILES string of the molecule is COc1ccc(-c2c(-c3ccc4c(c3)OCO4)ccc(F)c2F)cc1. The smallest absolute Gasteiger partial charge is 0.231 e. The zero-order valence-corrected chi connectivity index (χ0v) is 13.4. The highest BCUT2D eigenvalue weighted by atomic mass is 19.2. The number of hydrogen-bond acceptors (Lipinski definition) is 3. The Morgan fingerprint density at radius 1 is 0.840 bits per heavy atom. The van der Waals surface area contributed by atoms with E-state index in [-0.39, 0.29) is 12.4 Å². The summed E-state index contributed by atoms with van der Waals surface area (Å²) in [5, 5.41) is 0. The monoisotopic (exact) mass is 340 g/mol. The van der Waals surface area contributed by atoms with Gasteiger partial charge in [-0.05, 0) is 47.0 Å². The molecule has 0 amide bonds. The van der Waals surface area contributed by atoms with Gasteiger partial charge in [0.2, 0.25) is 6.79 Å². The lowest BCUT2D eigenvalue weighted by Gasteiger charge is -2.13. The summed E-state index contributed by atoms with van der Waals surface area (Å²) in [5.41, 5.74) is 2.04. The molecule has 126 valence electrons. The second-order valence-electron chi connectivity index (χ2n) is 5.58. The Morgan fingerprint density at radius 3 is 2.32 bits per heavy atom. The molecule has 0 fully saturated rings. The van der Waals surface area contributed by atoms with Gasteiger partial charge in [-0.1, -0.05) is 24.3 Å². The molecule has 5 heteroatoms. The fourth-order valence-electron chi connectivity index (χ4n) is 2.90. The molecule has 1 heterocycles. The van der Waals surface area contributed by atoms with Crippen LogP contribution in [0.1, 0.15) is 0 Å². The third kappa shape index (κ3) is 2.67. The Balaban J connectivity index is 1.89. The van der Waals surface area contributed by atoms with Crippen LogP contribution in [0.5, 0.6) is 17.2 Å². The van der Waals surface area contributed by atoms with Crippen LogP contribution in [-0.2, 0) is 0 Å². The molecule has 0 atom stereocenters. The summed E-state index contributed by atoms with van der Waals surface area (Å²) in [7, 11) is 1.55. The molecule has 3 aromatic rings. The van der Waals surface area contributed by atoms with Crippen LogP contribution in [0.3, 0.4) is 0 Å². The van der Waals surface area contributed by atoms with Gasteiger partial charge in [-0.2, -0.15) is 0 Å². The number of halogens is 2. The van der Waals surface area contributed by atoms with Gasteiger partial charge in [-0.15, -0.1) is 0 Å². The molecule has 0 bridgehead atoms. The normalized spacial score (nSPS) is 12.3. The van der Waals surface area contributed by atoms with Gasteiger partial charge in [0.1, 0.15) is 5.75 Å². The van der Waals surface area contributed by atoms with Crippen LogP contribution in [0.25, 0.3) is 22.3 Å². The summed E-state index contributed by atoms with van der Waals surface area (Å²) < 4.78 is 44.3. The minimum absolute atomic E-state index is 0.155. The Kier molecular flexibility index (Phi) is 3.76. The molecule has 3 aromatic carbocycles. The summed E-state index contributed by atoms with van der Waals surface area (Å²) in [6, 6.07) is 14.8. The fourth-order valence-corrected chi connectivity index (χ4v) is 2.90. The first-order valence-electron chi connectivity index (χ1n) is 7.70. The van der Waals surface area contributed by atoms with Crippen molar-refractivity contribution in [1.82, 2.24) is 0 Å². The van der Waals surface area contributed by atoms with Gasteiger partial charge in [0.25, 0.3) is 0 Å². The Hall–Kier alpha value is -3.08. The van der Waals surface area contributed by atoms with E-state index in [1.165, 1.54) is 0 Å². The highest BCUT2D eigenvalue weighted by Gasteiger charge is 2.19. The van der Waals surface area contributed by atoms with Crippen LogP contribution in [-0.4, -0.2) is 13.9 Å². The predicted octanol–water partition coefficient (Wildman–Crippen LogP) is 5.04. The maximum absolute atomic E-state index is 14.6. The highest BCUT2D eigenvalue weighted by molar-refractivity contribution is 5.85. The van der Waals surface area contributed by atoms with E-state index in [1.807, 2.05) is 0 Å². The molecule has 4 rings (SSSR count). The largest absolute Gasteiger partial charge is 0.497 e. The maximum atomic E-state index is 14.6. The highest BCUT2D eigenvalue weighted by Crippen LogP contribution is 2.40. The van der Waals surface area contributed by atoms with E-state index in [0.717, 1.165) is 6.07 Å². The second-order valence-corrected chi connectivity index (χ2v) is 5.58. The first-order valence-corrected chi connectivity index (χ1v) is 7.70. The van der Waals surface area contributed by atoms with Crippen molar-refractivity contribution in [3.05, 3.63) is 66.2 Å².